The lowest BCUT2D eigenvalue weighted by atomic mass is 10.4. The van der Waals surface area contributed by atoms with Crippen LogP contribution < -0.4 is 16.6 Å². The van der Waals surface area contributed by atoms with E-state index in [1.165, 1.54) is 11.6 Å². The van der Waals surface area contributed by atoms with Crippen molar-refractivity contribution in [1.29, 1.82) is 0 Å². The number of aliphatic hydroxyl groups excluding tert-OH is 1. The summed E-state index contributed by atoms with van der Waals surface area (Å²) < 4.78 is 4.07. The highest BCUT2D eigenvalue weighted by molar-refractivity contribution is 6.29. The molecule has 2 aromatic rings. The van der Waals surface area contributed by atoms with Crippen molar-refractivity contribution in [3.63, 3.8) is 0 Å². The van der Waals surface area contributed by atoms with Gasteiger partial charge in [-0.05, 0) is 13.3 Å². The standard InChI is InChI=1S/C14H20ClN5O3/c1-9(15)5-7-20-10-11(17-13(20)16-6-4-8-21)18(2)14(23)19(3)12(10)22/h5,21H,4,6-8H2,1-3H3,(H,16,17). The van der Waals surface area contributed by atoms with E-state index in [4.69, 9.17) is 16.7 Å². The van der Waals surface area contributed by atoms with Crippen LogP contribution in [0.2, 0.25) is 0 Å². The van der Waals surface area contributed by atoms with Crippen LogP contribution >= 0.6 is 11.6 Å². The third-order valence-corrected chi connectivity index (χ3v) is 3.68. The summed E-state index contributed by atoms with van der Waals surface area (Å²) in [5.74, 6) is 0.459. The van der Waals surface area contributed by atoms with Crippen LogP contribution in [0.1, 0.15) is 13.3 Å². The highest BCUT2D eigenvalue weighted by atomic mass is 35.5. The molecular weight excluding hydrogens is 322 g/mol. The van der Waals surface area contributed by atoms with Crippen molar-refractivity contribution in [1.82, 2.24) is 18.7 Å². The molecular formula is C14H20ClN5O3. The van der Waals surface area contributed by atoms with Gasteiger partial charge < -0.3 is 15.0 Å². The summed E-state index contributed by atoms with van der Waals surface area (Å²) >= 11 is 5.89. The third kappa shape index (κ3) is 3.32. The molecule has 9 heteroatoms. The summed E-state index contributed by atoms with van der Waals surface area (Å²) in [6.07, 6.45) is 2.30. The maximum atomic E-state index is 12.5. The number of imidazole rings is 1. The maximum Gasteiger partial charge on any atom is 0.332 e. The molecule has 0 fully saturated rings. The molecule has 0 bridgehead atoms. The molecule has 0 saturated heterocycles. The second-order valence-corrected chi connectivity index (χ2v) is 5.81. The second kappa shape index (κ2) is 7.01. The number of hydrogen-bond donors (Lipinski definition) is 2. The Balaban J connectivity index is 2.69. The van der Waals surface area contributed by atoms with Gasteiger partial charge >= 0.3 is 5.69 Å². The number of aromatic nitrogens is 4. The smallest absolute Gasteiger partial charge is 0.332 e. The first kappa shape index (κ1) is 17.3. The first-order chi connectivity index (χ1) is 10.9. The van der Waals surface area contributed by atoms with Crippen LogP contribution in [-0.4, -0.2) is 36.9 Å². The molecule has 8 nitrogen and oxygen atoms in total. The SMILES string of the molecule is CC(Cl)=CCn1c(NCCCO)nc2c1c(=O)n(C)c(=O)n2C. The average molecular weight is 342 g/mol. The minimum absolute atomic E-state index is 0.0498. The van der Waals surface area contributed by atoms with Crippen molar-refractivity contribution in [2.75, 3.05) is 18.5 Å². The Kier molecular flexibility index (Phi) is 5.27. The molecule has 2 N–H and O–H groups in total. The van der Waals surface area contributed by atoms with E-state index < -0.39 is 11.2 Å². The molecule has 0 aromatic carbocycles. The second-order valence-electron chi connectivity index (χ2n) is 5.22. The third-order valence-electron chi connectivity index (χ3n) is 3.52. The van der Waals surface area contributed by atoms with Crippen molar-refractivity contribution in [3.8, 4) is 0 Å². The number of nitrogens with zero attached hydrogens (tertiary/aromatic N) is 4. The summed E-state index contributed by atoms with van der Waals surface area (Å²) in [5, 5.41) is 12.6. The highest BCUT2D eigenvalue weighted by Crippen LogP contribution is 2.16. The van der Waals surface area contributed by atoms with Crippen LogP contribution in [0.3, 0.4) is 0 Å². The number of aryl methyl sites for hydroxylation is 1. The van der Waals surface area contributed by atoms with Gasteiger partial charge in [0.1, 0.15) is 0 Å². The summed E-state index contributed by atoms with van der Waals surface area (Å²) in [6.45, 7) is 2.64. The van der Waals surface area contributed by atoms with E-state index in [9.17, 15) is 9.59 Å². The molecule has 0 amide bonds. The fourth-order valence-electron chi connectivity index (χ4n) is 2.26. The van der Waals surface area contributed by atoms with Gasteiger partial charge in [-0.2, -0.15) is 4.98 Å². The maximum absolute atomic E-state index is 12.5. The van der Waals surface area contributed by atoms with Gasteiger partial charge in [0.15, 0.2) is 11.2 Å². The fourth-order valence-corrected chi connectivity index (χ4v) is 2.32. The van der Waals surface area contributed by atoms with Gasteiger partial charge in [-0.1, -0.05) is 17.7 Å². The van der Waals surface area contributed by atoms with E-state index in [1.807, 2.05) is 0 Å². The highest BCUT2D eigenvalue weighted by Gasteiger charge is 2.18. The Morgan fingerprint density at radius 1 is 1.35 bits per heavy atom. The lowest BCUT2D eigenvalue weighted by molar-refractivity contribution is 0.292. The van der Waals surface area contributed by atoms with E-state index in [-0.39, 0.29) is 6.61 Å². The molecule has 0 radical (unpaired) electrons. The van der Waals surface area contributed by atoms with Crippen molar-refractivity contribution in [2.45, 2.75) is 19.9 Å². The molecule has 0 unspecified atom stereocenters. The Hall–Kier alpha value is -2.06. The van der Waals surface area contributed by atoms with E-state index in [0.29, 0.717) is 41.7 Å². The molecule has 0 aliphatic heterocycles. The first-order valence-electron chi connectivity index (χ1n) is 7.21. The predicted molar refractivity (Wildman–Crippen MR) is 90.0 cm³/mol. The number of hydrogen-bond acceptors (Lipinski definition) is 5. The van der Waals surface area contributed by atoms with Crippen LogP contribution in [0.5, 0.6) is 0 Å². The average Bonchev–Trinajstić information content (AvgIpc) is 2.88. The van der Waals surface area contributed by atoms with E-state index >= 15 is 0 Å². The van der Waals surface area contributed by atoms with Crippen molar-refractivity contribution >= 4 is 28.7 Å². The Morgan fingerprint density at radius 3 is 2.65 bits per heavy atom. The zero-order valence-corrected chi connectivity index (χ0v) is 14.1. The normalized spacial score (nSPS) is 12.1. The topological polar surface area (TPSA) is 94.1 Å². The van der Waals surface area contributed by atoms with E-state index in [0.717, 1.165) is 4.57 Å². The zero-order chi connectivity index (χ0) is 17.1. The van der Waals surface area contributed by atoms with Crippen LogP contribution in [0.15, 0.2) is 20.7 Å². The Labute approximate surface area is 137 Å². The summed E-state index contributed by atoms with van der Waals surface area (Å²) in [5.41, 5.74) is -0.204. The number of allylic oxidation sites excluding steroid dienone is 2. The molecule has 0 saturated carbocycles. The fraction of sp³-hybridized carbons (Fsp3) is 0.500. The van der Waals surface area contributed by atoms with Crippen LogP contribution in [-0.2, 0) is 20.6 Å². The number of aliphatic hydroxyl groups is 1. The Morgan fingerprint density at radius 2 is 2.04 bits per heavy atom. The van der Waals surface area contributed by atoms with Gasteiger partial charge in [0.25, 0.3) is 5.56 Å². The lowest BCUT2D eigenvalue weighted by Gasteiger charge is -2.08. The monoisotopic (exact) mass is 341 g/mol. The molecule has 2 rings (SSSR count). The van der Waals surface area contributed by atoms with E-state index in [1.54, 1.807) is 24.6 Å². The molecule has 2 heterocycles. The van der Waals surface area contributed by atoms with Gasteiger partial charge in [-0.15, -0.1) is 0 Å². The van der Waals surface area contributed by atoms with Gasteiger partial charge in [0, 0.05) is 38.8 Å². The largest absolute Gasteiger partial charge is 0.396 e. The Bertz CT molecular complexity index is 858. The molecule has 0 aliphatic carbocycles. The van der Waals surface area contributed by atoms with Crippen molar-refractivity contribution in [2.24, 2.45) is 14.1 Å². The van der Waals surface area contributed by atoms with Crippen LogP contribution in [0.4, 0.5) is 5.95 Å². The van der Waals surface area contributed by atoms with Crippen LogP contribution in [0.25, 0.3) is 11.2 Å². The number of halogens is 1. The molecule has 0 atom stereocenters. The zero-order valence-electron chi connectivity index (χ0n) is 13.3. The quantitative estimate of drug-likeness (QED) is 0.740. The molecule has 2 aromatic heterocycles. The predicted octanol–water partition coefficient (Wildman–Crippen LogP) is 0.371. The summed E-state index contributed by atoms with van der Waals surface area (Å²) in [7, 11) is 3.00. The number of nitrogens with one attached hydrogen (secondary N) is 1. The summed E-state index contributed by atoms with van der Waals surface area (Å²) in [6, 6.07) is 0. The van der Waals surface area contributed by atoms with Crippen molar-refractivity contribution < 1.29 is 5.11 Å². The van der Waals surface area contributed by atoms with Gasteiger partial charge in [-0.3, -0.25) is 13.9 Å². The molecule has 23 heavy (non-hydrogen) atoms. The lowest BCUT2D eigenvalue weighted by Crippen LogP contribution is -2.37. The molecule has 126 valence electrons. The number of fused-ring (bicyclic) bond motifs is 1. The molecule has 0 spiro atoms. The minimum atomic E-state index is -0.432. The van der Waals surface area contributed by atoms with Crippen molar-refractivity contribution in [3.05, 3.63) is 31.9 Å². The molecule has 0 aliphatic rings. The first-order valence-corrected chi connectivity index (χ1v) is 7.59. The minimum Gasteiger partial charge on any atom is -0.396 e. The number of rotatable bonds is 6. The summed E-state index contributed by atoms with van der Waals surface area (Å²) in [4.78, 5) is 28.9. The van der Waals surface area contributed by atoms with Gasteiger partial charge in [0.2, 0.25) is 5.95 Å². The van der Waals surface area contributed by atoms with E-state index in [2.05, 4.69) is 10.3 Å². The van der Waals surface area contributed by atoms with Gasteiger partial charge in [0.05, 0.1) is 0 Å². The number of anilines is 1. The van der Waals surface area contributed by atoms with Gasteiger partial charge in [-0.25, -0.2) is 4.79 Å². The van der Waals surface area contributed by atoms with Crippen LogP contribution in [0, 0.1) is 0 Å².